The first-order chi connectivity index (χ1) is 14.8. The van der Waals surface area contributed by atoms with Gasteiger partial charge in [-0.15, -0.1) is 10.2 Å². The number of nitrogens with zero attached hydrogens (tertiary/aromatic N) is 6. The monoisotopic (exact) mass is 400 g/mol. The first kappa shape index (κ1) is 18.5. The predicted molar refractivity (Wildman–Crippen MR) is 114 cm³/mol. The number of carbonyl (C=O) groups excluding carboxylic acids is 1. The van der Waals surface area contributed by atoms with Gasteiger partial charge in [-0.2, -0.15) is 5.10 Å². The maximum Gasteiger partial charge on any atom is 0.257 e. The molecule has 1 aliphatic rings. The number of fused-ring (bicyclic) bond motifs is 1. The Balaban J connectivity index is 1.42. The highest BCUT2D eigenvalue weighted by molar-refractivity contribution is 5.95. The summed E-state index contributed by atoms with van der Waals surface area (Å²) < 4.78 is 3.91. The molecule has 1 saturated heterocycles. The van der Waals surface area contributed by atoms with Crippen molar-refractivity contribution in [2.24, 2.45) is 0 Å². The van der Waals surface area contributed by atoms with E-state index in [-0.39, 0.29) is 11.8 Å². The third-order valence-corrected chi connectivity index (χ3v) is 5.85. The number of rotatable bonds is 4. The van der Waals surface area contributed by atoms with Crippen molar-refractivity contribution in [3.63, 3.8) is 0 Å². The molecule has 3 aromatic heterocycles. The van der Waals surface area contributed by atoms with Crippen LogP contribution in [0, 0.1) is 0 Å². The van der Waals surface area contributed by atoms with Gasteiger partial charge in [0.15, 0.2) is 5.65 Å². The molecular weight excluding hydrogens is 376 g/mol. The SMILES string of the molecule is CCc1c(C(=O)N2CCC[C@@H](c3nnc4ccccn34)C2)cnn1-c1ccccc1. The van der Waals surface area contributed by atoms with E-state index < -0.39 is 0 Å². The zero-order valence-corrected chi connectivity index (χ0v) is 17.0. The van der Waals surface area contributed by atoms with Crippen LogP contribution >= 0.6 is 0 Å². The lowest BCUT2D eigenvalue weighted by Gasteiger charge is -2.32. The fourth-order valence-electron chi connectivity index (χ4n) is 4.37. The van der Waals surface area contributed by atoms with Gasteiger partial charge in [-0.3, -0.25) is 9.20 Å². The van der Waals surface area contributed by atoms with E-state index in [0.717, 1.165) is 48.7 Å². The number of aromatic nitrogens is 5. The summed E-state index contributed by atoms with van der Waals surface area (Å²) >= 11 is 0. The van der Waals surface area contributed by atoms with Crippen LogP contribution in [0.3, 0.4) is 0 Å². The number of pyridine rings is 1. The molecule has 5 rings (SSSR count). The Hall–Kier alpha value is -3.48. The van der Waals surface area contributed by atoms with Gasteiger partial charge in [0.25, 0.3) is 5.91 Å². The maximum absolute atomic E-state index is 13.4. The Morgan fingerprint density at radius 3 is 2.77 bits per heavy atom. The number of likely N-dealkylation sites (tertiary alicyclic amines) is 1. The molecule has 1 fully saturated rings. The zero-order chi connectivity index (χ0) is 20.5. The van der Waals surface area contributed by atoms with Crippen molar-refractivity contribution in [1.82, 2.24) is 29.3 Å². The molecule has 0 spiro atoms. The fourth-order valence-corrected chi connectivity index (χ4v) is 4.37. The highest BCUT2D eigenvalue weighted by Crippen LogP contribution is 2.28. The van der Waals surface area contributed by atoms with Crippen molar-refractivity contribution in [1.29, 1.82) is 0 Å². The van der Waals surface area contributed by atoms with Gasteiger partial charge in [0, 0.05) is 25.2 Å². The summed E-state index contributed by atoms with van der Waals surface area (Å²) in [5.74, 6) is 1.15. The quantitative estimate of drug-likeness (QED) is 0.526. The molecule has 7 heteroatoms. The van der Waals surface area contributed by atoms with Crippen LogP contribution in [0.4, 0.5) is 0 Å². The lowest BCUT2D eigenvalue weighted by atomic mass is 9.96. The molecule has 0 unspecified atom stereocenters. The maximum atomic E-state index is 13.4. The van der Waals surface area contributed by atoms with Gasteiger partial charge in [0.05, 0.1) is 23.1 Å². The molecule has 30 heavy (non-hydrogen) atoms. The number of carbonyl (C=O) groups is 1. The summed E-state index contributed by atoms with van der Waals surface area (Å²) in [5.41, 5.74) is 3.45. The standard InChI is InChI=1S/C23H24N6O/c1-2-20-19(15-24-29(20)18-10-4-3-5-11-18)23(30)27-13-8-9-17(16-27)22-26-25-21-12-6-7-14-28(21)22/h3-7,10-12,14-15,17H,2,8-9,13,16H2,1H3/t17-/m1/s1. The van der Waals surface area contributed by atoms with Crippen molar-refractivity contribution < 1.29 is 4.79 Å². The fraction of sp³-hybridized carbons (Fsp3) is 0.304. The van der Waals surface area contributed by atoms with Gasteiger partial charge in [0.2, 0.25) is 0 Å². The van der Waals surface area contributed by atoms with Crippen LogP contribution < -0.4 is 0 Å². The van der Waals surface area contributed by atoms with Crippen LogP contribution in [0.5, 0.6) is 0 Å². The topological polar surface area (TPSA) is 68.3 Å². The van der Waals surface area contributed by atoms with E-state index in [4.69, 9.17) is 0 Å². The minimum absolute atomic E-state index is 0.0487. The lowest BCUT2D eigenvalue weighted by Crippen LogP contribution is -2.39. The second-order valence-electron chi connectivity index (χ2n) is 7.68. The van der Waals surface area contributed by atoms with Crippen LogP contribution in [0.1, 0.15) is 47.6 Å². The average Bonchev–Trinajstić information content (AvgIpc) is 3.43. The molecule has 1 aromatic carbocycles. The molecule has 0 aliphatic carbocycles. The van der Waals surface area contributed by atoms with Gasteiger partial charge in [-0.1, -0.05) is 31.2 Å². The van der Waals surface area contributed by atoms with Crippen LogP contribution in [0.2, 0.25) is 0 Å². The van der Waals surface area contributed by atoms with Crippen molar-refractivity contribution >= 4 is 11.6 Å². The first-order valence-corrected chi connectivity index (χ1v) is 10.5. The third-order valence-electron chi connectivity index (χ3n) is 5.85. The summed E-state index contributed by atoms with van der Waals surface area (Å²) in [4.78, 5) is 15.4. The van der Waals surface area contributed by atoms with Gasteiger partial charge >= 0.3 is 0 Å². The van der Waals surface area contributed by atoms with Crippen molar-refractivity contribution in [3.05, 3.63) is 78.0 Å². The van der Waals surface area contributed by atoms with Crippen LogP contribution in [0.25, 0.3) is 11.3 Å². The van der Waals surface area contributed by atoms with E-state index in [1.165, 1.54) is 0 Å². The number of benzene rings is 1. The normalized spacial score (nSPS) is 16.8. The Morgan fingerprint density at radius 2 is 1.93 bits per heavy atom. The predicted octanol–water partition coefficient (Wildman–Crippen LogP) is 3.50. The molecule has 1 amide bonds. The minimum atomic E-state index is 0.0487. The molecule has 0 N–H and O–H groups in total. The van der Waals surface area contributed by atoms with E-state index in [1.54, 1.807) is 6.20 Å². The third kappa shape index (κ3) is 3.16. The van der Waals surface area contributed by atoms with Crippen LogP contribution in [-0.4, -0.2) is 48.3 Å². The van der Waals surface area contributed by atoms with E-state index in [0.29, 0.717) is 12.1 Å². The molecule has 4 heterocycles. The molecule has 0 bridgehead atoms. The Bertz CT molecular complexity index is 1180. The van der Waals surface area contributed by atoms with E-state index in [2.05, 4.69) is 22.2 Å². The number of hydrogen-bond acceptors (Lipinski definition) is 4. The molecule has 152 valence electrons. The average molecular weight is 400 g/mol. The number of hydrogen-bond donors (Lipinski definition) is 0. The largest absolute Gasteiger partial charge is 0.338 e. The van der Waals surface area contributed by atoms with Gasteiger partial charge in [-0.25, -0.2) is 4.68 Å². The summed E-state index contributed by atoms with van der Waals surface area (Å²) in [6.45, 7) is 3.47. The molecule has 4 aromatic rings. The molecule has 1 aliphatic heterocycles. The molecular formula is C23H24N6O. The zero-order valence-electron chi connectivity index (χ0n) is 17.0. The van der Waals surface area contributed by atoms with Gasteiger partial charge in [0.1, 0.15) is 5.82 Å². The summed E-state index contributed by atoms with van der Waals surface area (Å²) in [6.07, 6.45) is 6.40. The number of amides is 1. The lowest BCUT2D eigenvalue weighted by molar-refractivity contribution is 0.0703. The number of piperidine rings is 1. The Labute approximate surface area is 175 Å². The second kappa shape index (κ2) is 7.74. The van der Waals surface area contributed by atoms with E-state index >= 15 is 0 Å². The van der Waals surface area contributed by atoms with E-state index in [1.807, 2.05) is 68.7 Å². The molecule has 1 atom stereocenters. The molecule has 7 nitrogen and oxygen atoms in total. The summed E-state index contributed by atoms with van der Waals surface area (Å²) in [6, 6.07) is 15.9. The van der Waals surface area contributed by atoms with Gasteiger partial charge < -0.3 is 4.90 Å². The summed E-state index contributed by atoms with van der Waals surface area (Å²) in [5, 5.41) is 13.2. The smallest absolute Gasteiger partial charge is 0.257 e. The highest BCUT2D eigenvalue weighted by Gasteiger charge is 2.30. The van der Waals surface area contributed by atoms with Crippen molar-refractivity contribution in [3.8, 4) is 5.69 Å². The van der Waals surface area contributed by atoms with Crippen molar-refractivity contribution in [2.45, 2.75) is 32.1 Å². The van der Waals surface area contributed by atoms with E-state index in [9.17, 15) is 4.79 Å². The molecule has 0 saturated carbocycles. The van der Waals surface area contributed by atoms with Crippen LogP contribution in [0.15, 0.2) is 60.9 Å². The highest BCUT2D eigenvalue weighted by atomic mass is 16.2. The first-order valence-electron chi connectivity index (χ1n) is 10.5. The molecule has 0 radical (unpaired) electrons. The van der Waals surface area contributed by atoms with Crippen LogP contribution in [-0.2, 0) is 6.42 Å². The minimum Gasteiger partial charge on any atom is -0.338 e. The Kier molecular flexibility index (Phi) is 4.78. The van der Waals surface area contributed by atoms with Gasteiger partial charge in [-0.05, 0) is 43.5 Å². The summed E-state index contributed by atoms with van der Waals surface area (Å²) in [7, 11) is 0. The Morgan fingerprint density at radius 1 is 1.10 bits per heavy atom. The number of para-hydroxylation sites is 1. The second-order valence-corrected chi connectivity index (χ2v) is 7.68. The van der Waals surface area contributed by atoms with Crippen molar-refractivity contribution in [2.75, 3.05) is 13.1 Å².